The van der Waals surface area contributed by atoms with Crippen LogP contribution in [-0.2, 0) is 11.2 Å². The molecule has 3 N–H and O–H groups in total. The van der Waals surface area contributed by atoms with Gasteiger partial charge in [0.1, 0.15) is 5.69 Å². The van der Waals surface area contributed by atoms with Gasteiger partial charge in [-0.3, -0.25) is 9.69 Å². The summed E-state index contributed by atoms with van der Waals surface area (Å²) in [6.45, 7) is 5.85. The van der Waals surface area contributed by atoms with E-state index in [1.165, 1.54) is 11.3 Å². The Balaban J connectivity index is 0.00000220. The van der Waals surface area contributed by atoms with Gasteiger partial charge in [-0.15, -0.1) is 36.2 Å². The lowest BCUT2D eigenvalue weighted by molar-refractivity contribution is 0.0374. The second-order valence-electron chi connectivity index (χ2n) is 4.73. The fourth-order valence-electron chi connectivity index (χ4n) is 2.07. The quantitative estimate of drug-likeness (QED) is 0.698. The van der Waals surface area contributed by atoms with E-state index in [1.54, 1.807) is 5.38 Å². The van der Waals surface area contributed by atoms with Crippen molar-refractivity contribution < 1.29 is 9.53 Å². The van der Waals surface area contributed by atoms with Crippen molar-refractivity contribution in [2.45, 2.75) is 12.8 Å². The summed E-state index contributed by atoms with van der Waals surface area (Å²) >= 11 is 1.49. The highest BCUT2D eigenvalue weighted by Crippen LogP contribution is 2.09. The van der Waals surface area contributed by atoms with Crippen LogP contribution in [0, 0.1) is 0 Å². The standard InChI is InChI=1S/C13H22N4O2S.2ClH/c14-3-2-12-16-11(10-20-12)13(18)15-4-1-5-17-6-8-19-9-7-17;;/h10H,1-9,14H2,(H,15,18);2*1H. The largest absolute Gasteiger partial charge is 0.379 e. The molecule has 0 aromatic carbocycles. The SMILES string of the molecule is Cl.Cl.NCCc1nc(C(=O)NCCCN2CCOCC2)cs1. The highest BCUT2D eigenvalue weighted by Gasteiger charge is 2.11. The topological polar surface area (TPSA) is 80.5 Å². The van der Waals surface area contributed by atoms with Crippen molar-refractivity contribution in [1.82, 2.24) is 15.2 Å². The minimum atomic E-state index is -0.0912. The van der Waals surface area contributed by atoms with Gasteiger partial charge in [0.25, 0.3) is 5.91 Å². The monoisotopic (exact) mass is 370 g/mol. The molecular weight excluding hydrogens is 347 g/mol. The normalized spacial score (nSPS) is 14.8. The molecule has 128 valence electrons. The Bertz CT molecular complexity index is 428. The number of ether oxygens (including phenoxy) is 1. The summed E-state index contributed by atoms with van der Waals surface area (Å²) in [5.41, 5.74) is 5.97. The average Bonchev–Trinajstić information content (AvgIpc) is 2.94. The molecule has 1 amide bonds. The van der Waals surface area contributed by atoms with E-state index in [0.717, 1.165) is 50.7 Å². The number of amides is 1. The van der Waals surface area contributed by atoms with Crippen molar-refractivity contribution in [1.29, 1.82) is 0 Å². The van der Waals surface area contributed by atoms with Crippen LogP contribution in [0.2, 0.25) is 0 Å². The Morgan fingerprint density at radius 3 is 2.82 bits per heavy atom. The Morgan fingerprint density at radius 1 is 1.41 bits per heavy atom. The van der Waals surface area contributed by atoms with Crippen LogP contribution < -0.4 is 11.1 Å². The fourth-order valence-corrected chi connectivity index (χ4v) is 2.87. The third kappa shape index (κ3) is 7.21. The highest BCUT2D eigenvalue weighted by molar-refractivity contribution is 7.09. The molecule has 0 bridgehead atoms. The van der Waals surface area contributed by atoms with E-state index in [-0.39, 0.29) is 30.7 Å². The highest BCUT2D eigenvalue weighted by atomic mass is 35.5. The smallest absolute Gasteiger partial charge is 0.270 e. The van der Waals surface area contributed by atoms with E-state index >= 15 is 0 Å². The lowest BCUT2D eigenvalue weighted by Crippen LogP contribution is -2.38. The number of hydrogen-bond acceptors (Lipinski definition) is 6. The van der Waals surface area contributed by atoms with Gasteiger partial charge in [-0.1, -0.05) is 0 Å². The zero-order valence-electron chi connectivity index (χ0n) is 12.5. The van der Waals surface area contributed by atoms with Crippen molar-refractivity contribution in [3.05, 3.63) is 16.1 Å². The van der Waals surface area contributed by atoms with E-state index in [0.29, 0.717) is 18.8 Å². The third-order valence-electron chi connectivity index (χ3n) is 3.18. The van der Waals surface area contributed by atoms with Crippen LogP contribution in [0.25, 0.3) is 0 Å². The van der Waals surface area contributed by atoms with E-state index in [4.69, 9.17) is 10.5 Å². The first-order chi connectivity index (χ1) is 9.79. The van der Waals surface area contributed by atoms with Crippen molar-refractivity contribution >= 4 is 42.1 Å². The second-order valence-corrected chi connectivity index (χ2v) is 5.67. The molecule has 2 rings (SSSR count). The number of aromatic nitrogens is 1. The van der Waals surface area contributed by atoms with Gasteiger partial charge in [0.2, 0.25) is 0 Å². The molecule has 1 aliphatic heterocycles. The van der Waals surface area contributed by atoms with Crippen molar-refractivity contribution in [2.24, 2.45) is 5.73 Å². The van der Waals surface area contributed by atoms with Crippen LogP contribution in [-0.4, -0.2) is 61.7 Å². The lowest BCUT2D eigenvalue weighted by Gasteiger charge is -2.26. The average molecular weight is 371 g/mol. The number of halogens is 2. The van der Waals surface area contributed by atoms with Crippen LogP contribution in [0.1, 0.15) is 21.9 Å². The fraction of sp³-hybridized carbons (Fsp3) is 0.692. The van der Waals surface area contributed by atoms with Crippen molar-refractivity contribution in [3.8, 4) is 0 Å². The van der Waals surface area contributed by atoms with Crippen LogP contribution in [0.3, 0.4) is 0 Å². The summed E-state index contributed by atoms with van der Waals surface area (Å²) in [4.78, 5) is 18.5. The molecule has 2 heterocycles. The zero-order chi connectivity index (χ0) is 14.2. The molecule has 1 saturated heterocycles. The maximum absolute atomic E-state index is 11.9. The predicted molar refractivity (Wildman–Crippen MR) is 93.6 cm³/mol. The molecule has 0 spiro atoms. The first-order valence-corrected chi connectivity index (χ1v) is 7.90. The molecule has 0 unspecified atom stereocenters. The van der Waals surface area contributed by atoms with Gasteiger partial charge in [0.15, 0.2) is 0 Å². The molecule has 0 aliphatic carbocycles. The van der Waals surface area contributed by atoms with Gasteiger partial charge in [-0.25, -0.2) is 4.98 Å². The number of thiazole rings is 1. The summed E-state index contributed by atoms with van der Waals surface area (Å²) in [6.07, 6.45) is 1.68. The summed E-state index contributed by atoms with van der Waals surface area (Å²) in [5, 5.41) is 5.63. The molecule has 1 aliphatic rings. The molecule has 1 aromatic heterocycles. The predicted octanol–water partition coefficient (Wildman–Crippen LogP) is 0.940. The van der Waals surface area contributed by atoms with Crippen LogP contribution in [0.15, 0.2) is 5.38 Å². The van der Waals surface area contributed by atoms with Crippen molar-refractivity contribution in [3.63, 3.8) is 0 Å². The molecule has 6 nitrogen and oxygen atoms in total. The summed E-state index contributed by atoms with van der Waals surface area (Å²) in [7, 11) is 0. The summed E-state index contributed by atoms with van der Waals surface area (Å²) in [5.74, 6) is -0.0912. The Kier molecular flexibility index (Phi) is 11.8. The van der Waals surface area contributed by atoms with Crippen LogP contribution in [0.4, 0.5) is 0 Å². The maximum atomic E-state index is 11.9. The van der Waals surface area contributed by atoms with E-state index in [1.807, 2.05) is 0 Å². The zero-order valence-corrected chi connectivity index (χ0v) is 14.9. The number of carbonyl (C=O) groups is 1. The minimum Gasteiger partial charge on any atom is -0.379 e. The van der Waals surface area contributed by atoms with E-state index < -0.39 is 0 Å². The van der Waals surface area contributed by atoms with E-state index in [2.05, 4.69) is 15.2 Å². The van der Waals surface area contributed by atoms with Gasteiger partial charge in [0.05, 0.1) is 18.2 Å². The maximum Gasteiger partial charge on any atom is 0.270 e. The second kappa shape index (κ2) is 12.0. The Hall–Kier alpha value is -0.440. The molecule has 22 heavy (non-hydrogen) atoms. The molecule has 1 aromatic rings. The summed E-state index contributed by atoms with van der Waals surface area (Å²) < 4.78 is 5.30. The molecular formula is C13H24Cl2N4O2S. The third-order valence-corrected chi connectivity index (χ3v) is 4.09. The van der Waals surface area contributed by atoms with E-state index in [9.17, 15) is 4.79 Å². The number of rotatable bonds is 7. The number of nitrogens with zero attached hydrogens (tertiary/aromatic N) is 2. The minimum absolute atomic E-state index is 0. The van der Waals surface area contributed by atoms with Gasteiger partial charge < -0.3 is 15.8 Å². The molecule has 0 radical (unpaired) electrons. The first-order valence-electron chi connectivity index (χ1n) is 7.02. The van der Waals surface area contributed by atoms with Gasteiger partial charge in [-0.05, 0) is 19.5 Å². The number of carbonyl (C=O) groups excluding carboxylic acids is 1. The first kappa shape index (κ1) is 21.6. The van der Waals surface area contributed by atoms with Gasteiger partial charge >= 0.3 is 0 Å². The van der Waals surface area contributed by atoms with Crippen molar-refractivity contribution in [2.75, 3.05) is 45.9 Å². The molecule has 1 fully saturated rings. The molecule has 0 saturated carbocycles. The Labute approximate surface area is 147 Å². The molecule has 9 heteroatoms. The van der Waals surface area contributed by atoms with Crippen LogP contribution >= 0.6 is 36.2 Å². The molecule has 0 atom stereocenters. The van der Waals surface area contributed by atoms with Crippen LogP contribution in [0.5, 0.6) is 0 Å². The number of nitrogens with two attached hydrogens (primary N) is 1. The number of nitrogens with one attached hydrogen (secondary N) is 1. The summed E-state index contributed by atoms with van der Waals surface area (Å²) in [6, 6.07) is 0. The van der Waals surface area contributed by atoms with Gasteiger partial charge in [-0.2, -0.15) is 0 Å². The lowest BCUT2D eigenvalue weighted by atomic mass is 10.3. The van der Waals surface area contributed by atoms with Gasteiger partial charge in [0, 0.05) is 31.4 Å². The number of morpholine rings is 1. The Morgan fingerprint density at radius 2 is 2.14 bits per heavy atom. The number of hydrogen-bond donors (Lipinski definition) is 2.